The number of anilines is 1. The van der Waals surface area contributed by atoms with Gasteiger partial charge in [-0.25, -0.2) is 0 Å². The van der Waals surface area contributed by atoms with Crippen LogP contribution in [0.15, 0.2) is 42.7 Å². The first-order valence-electron chi connectivity index (χ1n) is 8.05. The second kappa shape index (κ2) is 11.2. The minimum absolute atomic E-state index is 0. The van der Waals surface area contributed by atoms with Crippen molar-refractivity contribution in [1.82, 2.24) is 10.3 Å². The molecule has 1 aliphatic rings. The van der Waals surface area contributed by atoms with Crippen LogP contribution in [0.1, 0.15) is 24.8 Å². The number of nitrogens with zero attached hydrogens (tertiary/aromatic N) is 1. The lowest BCUT2D eigenvalue weighted by Crippen LogP contribution is -2.27. The van der Waals surface area contributed by atoms with Gasteiger partial charge in [-0.15, -0.1) is 24.8 Å². The zero-order valence-electron chi connectivity index (χ0n) is 14.1. The van der Waals surface area contributed by atoms with E-state index in [-0.39, 0.29) is 36.8 Å². The molecule has 2 aromatic rings. The topological polar surface area (TPSA) is 63.2 Å². The SMILES string of the molecule is Cl.Cl.O=C(CC1CCCN1)Nc1ccc(OCc2cccnc2)c(Cl)c1. The Bertz CT molecular complexity index is 695. The second-order valence-corrected chi connectivity index (χ2v) is 6.25. The number of amides is 1. The van der Waals surface area contributed by atoms with Gasteiger partial charge in [0.25, 0.3) is 0 Å². The number of hydrogen-bond donors (Lipinski definition) is 2. The number of carbonyl (C=O) groups excluding carboxylic acids is 1. The first kappa shape index (κ1) is 22.5. The Morgan fingerprint density at radius 1 is 1.35 bits per heavy atom. The summed E-state index contributed by atoms with van der Waals surface area (Å²) < 4.78 is 5.70. The van der Waals surface area contributed by atoms with E-state index in [0.717, 1.165) is 24.9 Å². The van der Waals surface area contributed by atoms with Crippen molar-refractivity contribution in [3.8, 4) is 5.75 Å². The van der Waals surface area contributed by atoms with Gasteiger partial charge in [0.1, 0.15) is 12.4 Å². The molecule has 1 aromatic heterocycles. The van der Waals surface area contributed by atoms with Gasteiger partial charge in [-0.1, -0.05) is 17.7 Å². The smallest absolute Gasteiger partial charge is 0.225 e. The summed E-state index contributed by atoms with van der Waals surface area (Å²) in [7, 11) is 0. The van der Waals surface area contributed by atoms with Crippen LogP contribution in [-0.2, 0) is 11.4 Å². The standard InChI is InChI=1S/C18H20ClN3O2.2ClH/c19-16-9-15(22-18(23)10-14-4-2-8-21-14)5-6-17(16)24-12-13-3-1-7-20-11-13;;/h1,3,5-7,9,11,14,21H,2,4,8,10,12H2,(H,22,23);2*1H. The Kier molecular flexibility index (Phi) is 9.73. The molecule has 1 fully saturated rings. The second-order valence-electron chi connectivity index (χ2n) is 5.84. The van der Waals surface area contributed by atoms with Crippen molar-refractivity contribution in [2.45, 2.75) is 31.9 Å². The van der Waals surface area contributed by atoms with Gasteiger partial charge >= 0.3 is 0 Å². The molecule has 1 unspecified atom stereocenters. The van der Waals surface area contributed by atoms with E-state index < -0.39 is 0 Å². The summed E-state index contributed by atoms with van der Waals surface area (Å²) in [6.07, 6.45) is 6.13. The van der Waals surface area contributed by atoms with Crippen molar-refractivity contribution in [1.29, 1.82) is 0 Å². The van der Waals surface area contributed by atoms with Crippen LogP contribution in [0.4, 0.5) is 5.69 Å². The number of benzene rings is 1. The monoisotopic (exact) mass is 417 g/mol. The van der Waals surface area contributed by atoms with Crippen molar-refractivity contribution < 1.29 is 9.53 Å². The lowest BCUT2D eigenvalue weighted by molar-refractivity contribution is -0.116. The molecular formula is C18H22Cl3N3O2. The molecule has 1 saturated heterocycles. The molecule has 0 saturated carbocycles. The van der Waals surface area contributed by atoms with Gasteiger partial charge in [0, 0.05) is 36.1 Å². The maximum Gasteiger partial charge on any atom is 0.225 e. The quantitative estimate of drug-likeness (QED) is 0.736. The third-order valence-electron chi connectivity index (χ3n) is 3.93. The molecule has 142 valence electrons. The molecule has 2 N–H and O–H groups in total. The van der Waals surface area contributed by atoms with Crippen LogP contribution in [-0.4, -0.2) is 23.5 Å². The molecule has 2 heterocycles. The fourth-order valence-corrected chi connectivity index (χ4v) is 2.94. The molecule has 1 atom stereocenters. The molecule has 3 rings (SSSR count). The molecule has 1 aromatic carbocycles. The lowest BCUT2D eigenvalue weighted by atomic mass is 10.1. The molecule has 0 radical (unpaired) electrons. The summed E-state index contributed by atoms with van der Waals surface area (Å²) in [5.41, 5.74) is 1.65. The molecule has 0 spiro atoms. The van der Waals surface area contributed by atoms with Gasteiger partial charge in [-0.05, 0) is 43.7 Å². The van der Waals surface area contributed by atoms with Crippen molar-refractivity contribution >= 4 is 48.0 Å². The Morgan fingerprint density at radius 2 is 2.19 bits per heavy atom. The number of nitrogens with one attached hydrogen (secondary N) is 2. The summed E-state index contributed by atoms with van der Waals surface area (Å²) in [5, 5.41) is 6.66. The maximum atomic E-state index is 12.0. The number of ether oxygens (including phenoxy) is 1. The number of aromatic nitrogens is 1. The molecule has 8 heteroatoms. The zero-order valence-corrected chi connectivity index (χ0v) is 16.5. The predicted molar refractivity (Wildman–Crippen MR) is 109 cm³/mol. The molecule has 5 nitrogen and oxygen atoms in total. The Balaban J connectivity index is 0.00000169. The van der Waals surface area contributed by atoms with Crippen LogP contribution >= 0.6 is 36.4 Å². The van der Waals surface area contributed by atoms with E-state index in [0.29, 0.717) is 29.5 Å². The average molecular weight is 419 g/mol. The van der Waals surface area contributed by atoms with Crippen molar-refractivity contribution in [2.24, 2.45) is 0 Å². The Labute approximate surface area is 170 Å². The highest BCUT2D eigenvalue weighted by molar-refractivity contribution is 6.32. The van der Waals surface area contributed by atoms with Crippen molar-refractivity contribution in [3.63, 3.8) is 0 Å². The van der Waals surface area contributed by atoms with Crippen LogP contribution in [0.3, 0.4) is 0 Å². The minimum atomic E-state index is -0.00510. The molecule has 1 aliphatic heterocycles. The number of rotatable bonds is 6. The summed E-state index contributed by atoms with van der Waals surface area (Å²) in [6.45, 7) is 1.39. The third kappa shape index (κ3) is 6.65. The summed E-state index contributed by atoms with van der Waals surface area (Å²) in [5.74, 6) is 0.575. The summed E-state index contributed by atoms with van der Waals surface area (Å²) in [6, 6.07) is 9.35. The largest absolute Gasteiger partial charge is 0.487 e. The molecule has 1 amide bonds. The van der Waals surface area contributed by atoms with Gasteiger partial charge in [0.15, 0.2) is 0 Å². The van der Waals surface area contributed by atoms with Gasteiger partial charge in [-0.2, -0.15) is 0 Å². The van der Waals surface area contributed by atoms with Crippen molar-refractivity contribution in [3.05, 3.63) is 53.3 Å². The average Bonchev–Trinajstić information content (AvgIpc) is 3.08. The minimum Gasteiger partial charge on any atom is -0.487 e. The van der Waals surface area contributed by atoms with E-state index in [2.05, 4.69) is 15.6 Å². The van der Waals surface area contributed by atoms with Gasteiger partial charge in [-0.3, -0.25) is 9.78 Å². The molecule has 26 heavy (non-hydrogen) atoms. The first-order valence-corrected chi connectivity index (χ1v) is 8.43. The van der Waals surface area contributed by atoms with E-state index in [1.165, 1.54) is 0 Å². The summed E-state index contributed by atoms with van der Waals surface area (Å²) in [4.78, 5) is 16.1. The van der Waals surface area contributed by atoms with E-state index in [4.69, 9.17) is 16.3 Å². The number of carbonyl (C=O) groups is 1. The fourth-order valence-electron chi connectivity index (χ4n) is 2.71. The lowest BCUT2D eigenvalue weighted by Gasteiger charge is -2.12. The fraction of sp³-hybridized carbons (Fsp3) is 0.333. The normalized spacial score (nSPS) is 15.5. The van der Waals surface area contributed by atoms with Gasteiger partial charge < -0.3 is 15.4 Å². The first-order chi connectivity index (χ1) is 11.7. The maximum absolute atomic E-state index is 12.0. The van der Waals surface area contributed by atoms with Gasteiger partial charge in [0.2, 0.25) is 5.91 Å². The van der Waals surface area contributed by atoms with Crippen LogP contribution < -0.4 is 15.4 Å². The van der Waals surface area contributed by atoms with E-state index >= 15 is 0 Å². The number of pyridine rings is 1. The van der Waals surface area contributed by atoms with Crippen LogP contribution in [0.2, 0.25) is 5.02 Å². The van der Waals surface area contributed by atoms with Crippen LogP contribution in [0.25, 0.3) is 0 Å². The summed E-state index contributed by atoms with van der Waals surface area (Å²) >= 11 is 6.25. The predicted octanol–water partition coefficient (Wildman–Crippen LogP) is 4.24. The number of halogens is 3. The van der Waals surface area contributed by atoms with Crippen LogP contribution in [0, 0.1) is 0 Å². The van der Waals surface area contributed by atoms with E-state index in [1.807, 2.05) is 12.1 Å². The van der Waals surface area contributed by atoms with E-state index in [9.17, 15) is 4.79 Å². The number of hydrogen-bond acceptors (Lipinski definition) is 4. The zero-order chi connectivity index (χ0) is 16.8. The highest BCUT2D eigenvalue weighted by atomic mass is 35.5. The molecule has 0 aliphatic carbocycles. The highest BCUT2D eigenvalue weighted by Crippen LogP contribution is 2.28. The highest BCUT2D eigenvalue weighted by Gasteiger charge is 2.17. The molecule has 0 bridgehead atoms. The van der Waals surface area contributed by atoms with Crippen molar-refractivity contribution in [2.75, 3.05) is 11.9 Å². The van der Waals surface area contributed by atoms with Crippen LogP contribution in [0.5, 0.6) is 5.75 Å². The molecular weight excluding hydrogens is 397 g/mol. The Morgan fingerprint density at radius 3 is 2.85 bits per heavy atom. The van der Waals surface area contributed by atoms with E-state index in [1.54, 1.807) is 30.6 Å². The van der Waals surface area contributed by atoms with Gasteiger partial charge in [0.05, 0.1) is 5.02 Å². The Hall–Kier alpha value is -1.53. The third-order valence-corrected chi connectivity index (χ3v) is 4.22.